The van der Waals surface area contributed by atoms with Crippen LogP contribution >= 0.6 is 11.8 Å². The van der Waals surface area contributed by atoms with E-state index in [0.29, 0.717) is 6.42 Å². The lowest BCUT2D eigenvalue weighted by molar-refractivity contribution is -0.155. The molecule has 5 atom stereocenters. The summed E-state index contributed by atoms with van der Waals surface area (Å²) in [5, 5.41) is 29.9. The first-order valence-electron chi connectivity index (χ1n) is 6.68. The third-order valence-electron chi connectivity index (χ3n) is 3.61. The van der Waals surface area contributed by atoms with Crippen LogP contribution in [0, 0.1) is 0 Å². The molecule has 0 spiro atoms. The molecule has 1 saturated heterocycles. The molecule has 0 aliphatic carbocycles. The van der Waals surface area contributed by atoms with Crippen LogP contribution in [0.5, 0.6) is 0 Å². The fourth-order valence-corrected chi connectivity index (χ4v) is 3.45. The number of hydrogen-bond donors (Lipinski definition) is 3. The van der Waals surface area contributed by atoms with Gasteiger partial charge in [0, 0.05) is 27.7 Å². The number of amides is 1. The SMILES string of the molecule is CN(C)C1=N[C@@H]2[C@@H](O)[C@H](O)[C@@H](CCN(C)C(=O)O)O[C@@H]2S1. The van der Waals surface area contributed by atoms with Crippen molar-refractivity contribution in [2.75, 3.05) is 27.7 Å². The smallest absolute Gasteiger partial charge is 0.407 e. The molecule has 2 rings (SSSR count). The Bertz CT molecular complexity index is 433. The van der Waals surface area contributed by atoms with Gasteiger partial charge >= 0.3 is 6.09 Å². The Labute approximate surface area is 127 Å². The number of hydrogen-bond acceptors (Lipinski definition) is 7. The van der Waals surface area contributed by atoms with E-state index in [1.807, 2.05) is 19.0 Å². The van der Waals surface area contributed by atoms with Gasteiger partial charge < -0.3 is 29.9 Å². The molecule has 0 unspecified atom stereocenters. The second-order valence-corrected chi connectivity index (χ2v) is 6.50. The summed E-state index contributed by atoms with van der Waals surface area (Å²) in [7, 11) is 5.16. The van der Waals surface area contributed by atoms with Crippen LogP contribution in [-0.2, 0) is 4.74 Å². The van der Waals surface area contributed by atoms with Crippen molar-refractivity contribution in [2.45, 2.75) is 36.2 Å². The first-order chi connectivity index (χ1) is 9.81. The monoisotopic (exact) mass is 319 g/mol. The first kappa shape index (κ1) is 16.3. The highest BCUT2D eigenvalue weighted by Crippen LogP contribution is 2.37. The van der Waals surface area contributed by atoms with Gasteiger partial charge in [-0.2, -0.15) is 0 Å². The number of carboxylic acid groups (broad SMARTS) is 1. The summed E-state index contributed by atoms with van der Waals surface area (Å²) in [6.07, 6.45) is -3.39. The lowest BCUT2D eigenvalue weighted by atomic mass is 9.96. The highest BCUT2D eigenvalue weighted by atomic mass is 32.2. The van der Waals surface area contributed by atoms with E-state index in [4.69, 9.17) is 9.84 Å². The van der Waals surface area contributed by atoms with Gasteiger partial charge in [0.15, 0.2) is 5.17 Å². The highest BCUT2D eigenvalue weighted by Gasteiger charge is 2.48. The normalized spacial score (nSPS) is 35.1. The maximum Gasteiger partial charge on any atom is 0.407 e. The van der Waals surface area contributed by atoms with Gasteiger partial charge in [0.25, 0.3) is 0 Å². The van der Waals surface area contributed by atoms with E-state index in [1.165, 1.54) is 18.8 Å². The van der Waals surface area contributed by atoms with Crippen molar-refractivity contribution in [3.63, 3.8) is 0 Å². The molecular formula is C12H21N3O5S. The predicted molar refractivity (Wildman–Crippen MR) is 78.4 cm³/mol. The van der Waals surface area contributed by atoms with Crippen LogP contribution in [0.1, 0.15) is 6.42 Å². The number of carbonyl (C=O) groups is 1. The zero-order chi connectivity index (χ0) is 15.7. The minimum atomic E-state index is -1.07. The molecule has 0 aromatic carbocycles. The third-order valence-corrected chi connectivity index (χ3v) is 4.91. The molecule has 21 heavy (non-hydrogen) atoms. The number of nitrogens with zero attached hydrogens (tertiary/aromatic N) is 3. The van der Waals surface area contributed by atoms with Gasteiger partial charge in [0.2, 0.25) is 0 Å². The molecule has 0 bridgehead atoms. The second-order valence-electron chi connectivity index (χ2n) is 5.43. The Balaban J connectivity index is 1.98. The van der Waals surface area contributed by atoms with Gasteiger partial charge in [-0.15, -0.1) is 0 Å². The summed E-state index contributed by atoms with van der Waals surface area (Å²) in [4.78, 5) is 18.1. The Morgan fingerprint density at radius 2 is 2.00 bits per heavy atom. The van der Waals surface area contributed by atoms with Crippen LogP contribution in [0.15, 0.2) is 4.99 Å². The van der Waals surface area contributed by atoms with Crippen LogP contribution in [0.4, 0.5) is 4.79 Å². The zero-order valence-electron chi connectivity index (χ0n) is 12.2. The molecule has 1 fully saturated rings. The topological polar surface area (TPSA) is 106 Å². The molecule has 2 heterocycles. The summed E-state index contributed by atoms with van der Waals surface area (Å²) in [5.74, 6) is 0. The number of rotatable bonds is 3. The van der Waals surface area contributed by atoms with Gasteiger partial charge in [0.1, 0.15) is 23.7 Å². The van der Waals surface area contributed by atoms with E-state index in [-0.39, 0.29) is 12.0 Å². The molecule has 2 aliphatic rings. The summed E-state index contributed by atoms with van der Waals surface area (Å²) in [6.45, 7) is 0.229. The fraction of sp³-hybridized carbons (Fsp3) is 0.833. The lowest BCUT2D eigenvalue weighted by Gasteiger charge is -2.38. The number of aliphatic imine (C=N–C) groups is 1. The quantitative estimate of drug-likeness (QED) is 0.642. The Morgan fingerprint density at radius 3 is 2.57 bits per heavy atom. The average Bonchev–Trinajstić information content (AvgIpc) is 2.85. The minimum Gasteiger partial charge on any atom is -0.465 e. The number of ether oxygens (including phenoxy) is 1. The highest BCUT2D eigenvalue weighted by molar-refractivity contribution is 8.14. The molecule has 120 valence electrons. The molecule has 9 heteroatoms. The largest absolute Gasteiger partial charge is 0.465 e. The van der Waals surface area contributed by atoms with Crippen molar-refractivity contribution >= 4 is 23.0 Å². The van der Waals surface area contributed by atoms with E-state index in [2.05, 4.69) is 4.99 Å². The van der Waals surface area contributed by atoms with Crippen molar-refractivity contribution in [3.05, 3.63) is 0 Å². The van der Waals surface area contributed by atoms with Crippen LogP contribution < -0.4 is 0 Å². The minimum absolute atomic E-state index is 0.229. The maximum absolute atomic E-state index is 10.8. The predicted octanol–water partition coefficient (Wildman–Crippen LogP) is -0.534. The van der Waals surface area contributed by atoms with E-state index in [9.17, 15) is 15.0 Å². The van der Waals surface area contributed by atoms with E-state index < -0.39 is 30.4 Å². The molecule has 0 radical (unpaired) electrons. The second kappa shape index (κ2) is 6.39. The van der Waals surface area contributed by atoms with Crippen molar-refractivity contribution in [1.82, 2.24) is 9.80 Å². The standard InChI is InChI=1S/C12H21N3O5S/c1-14(2)11-13-7-9(17)8(16)6(20-10(7)21-11)4-5-15(3)12(18)19/h6-10,16-17H,4-5H2,1-3H3,(H,18,19)/t6-,7-,8-,9-,10-/m1/s1. The Morgan fingerprint density at radius 1 is 1.33 bits per heavy atom. The molecule has 2 aliphatic heterocycles. The van der Waals surface area contributed by atoms with E-state index in [0.717, 1.165) is 10.1 Å². The van der Waals surface area contributed by atoms with Crippen molar-refractivity contribution in [1.29, 1.82) is 0 Å². The van der Waals surface area contributed by atoms with Gasteiger partial charge in [-0.05, 0) is 6.42 Å². The maximum atomic E-state index is 10.8. The molecule has 0 aromatic rings. The number of aliphatic hydroxyl groups excluding tert-OH is 2. The molecule has 8 nitrogen and oxygen atoms in total. The number of amidine groups is 1. The molecule has 3 N–H and O–H groups in total. The molecular weight excluding hydrogens is 298 g/mol. The van der Waals surface area contributed by atoms with Crippen molar-refractivity contribution in [2.24, 2.45) is 4.99 Å². The van der Waals surface area contributed by atoms with Crippen molar-refractivity contribution in [3.8, 4) is 0 Å². The third kappa shape index (κ3) is 3.42. The van der Waals surface area contributed by atoms with Gasteiger partial charge in [-0.25, -0.2) is 4.79 Å². The number of thioether (sulfide) groups is 1. The van der Waals surface area contributed by atoms with Gasteiger partial charge in [-0.1, -0.05) is 11.8 Å². The fourth-order valence-electron chi connectivity index (χ4n) is 2.29. The van der Waals surface area contributed by atoms with E-state index in [1.54, 1.807) is 0 Å². The van der Waals surface area contributed by atoms with Crippen molar-refractivity contribution < 1.29 is 24.9 Å². The summed E-state index contributed by atoms with van der Waals surface area (Å²) >= 11 is 1.41. The molecule has 0 aromatic heterocycles. The summed E-state index contributed by atoms with van der Waals surface area (Å²) in [6, 6.07) is -0.490. The van der Waals surface area contributed by atoms with Gasteiger partial charge in [-0.3, -0.25) is 4.99 Å². The lowest BCUT2D eigenvalue weighted by Crippen LogP contribution is -2.55. The van der Waals surface area contributed by atoms with Gasteiger partial charge in [0.05, 0.1) is 6.10 Å². The van der Waals surface area contributed by atoms with Crippen LogP contribution in [0.25, 0.3) is 0 Å². The summed E-state index contributed by atoms with van der Waals surface area (Å²) < 4.78 is 5.80. The zero-order valence-corrected chi connectivity index (χ0v) is 13.0. The van der Waals surface area contributed by atoms with E-state index >= 15 is 0 Å². The Kier molecular flexibility index (Phi) is 4.97. The van der Waals surface area contributed by atoms with Crippen LogP contribution in [0.2, 0.25) is 0 Å². The first-order valence-corrected chi connectivity index (χ1v) is 7.56. The number of aliphatic hydroxyl groups is 2. The summed E-state index contributed by atoms with van der Waals surface area (Å²) in [5.41, 5.74) is -0.346. The van der Waals surface area contributed by atoms with Crippen LogP contribution in [0.3, 0.4) is 0 Å². The Hall–Kier alpha value is -1.03. The average molecular weight is 319 g/mol. The number of fused-ring (bicyclic) bond motifs is 1. The molecule has 0 saturated carbocycles. The van der Waals surface area contributed by atoms with Crippen LogP contribution in [-0.4, -0.2) is 93.9 Å². The molecule has 1 amide bonds.